The first-order valence-corrected chi connectivity index (χ1v) is 8.63. The van der Waals surface area contributed by atoms with E-state index in [0.717, 1.165) is 12.2 Å². The number of carbonyl (C=O) groups is 1. The summed E-state index contributed by atoms with van der Waals surface area (Å²) < 4.78 is 24.5. The summed E-state index contributed by atoms with van der Waals surface area (Å²) in [6.07, 6.45) is 2.73. The fourth-order valence-corrected chi connectivity index (χ4v) is 3.33. The largest absolute Gasteiger partial charge is 0.469 e. The molecule has 2 aromatic heterocycles. The Labute approximate surface area is 150 Å². The van der Waals surface area contributed by atoms with Crippen LogP contribution < -0.4 is 0 Å². The van der Waals surface area contributed by atoms with Gasteiger partial charge in [-0.3, -0.25) is 4.79 Å². The molecule has 1 saturated heterocycles. The van der Waals surface area contributed by atoms with Gasteiger partial charge in [-0.25, -0.2) is 9.37 Å². The Morgan fingerprint density at radius 3 is 3.00 bits per heavy atom. The molecule has 4 rings (SSSR count). The second kappa shape index (κ2) is 6.78. The molecule has 0 aliphatic carbocycles. The average Bonchev–Trinajstić information content (AvgIpc) is 3.35. The van der Waals surface area contributed by atoms with E-state index in [1.54, 1.807) is 25.3 Å². The van der Waals surface area contributed by atoms with E-state index in [9.17, 15) is 9.18 Å². The molecule has 134 valence electrons. The number of aryl methyl sites for hydroxylation is 1. The van der Waals surface area contributed by atoms with Gasteiger partial charge in [0.15, 0.2) is 0 Å². The molecule has 0 spiro atoms. The van der Waals surface area contributed by atoms with Crippen molar-refractivity contribution in [2.24, 2.45) is 0 Å². The van der Waals surface area contributed by atoms with Crippen molar-refractivity contribution in [3.63, 3.8) is 0 Å². The quantitative estimate of drug-likeness (QED) is 0.712. The number of hydrogen-bond donors (Lipinski definition) is 0. The van der Waals surface area contributed by atoms with Gasteiger partial charge in [0.2, 0.25) is 11.8 Å². The Morgan fingerprint density at radius 1 is 1.35 bits per heavy atom. The molecule has 5 nitrogen and oxygen atoms in total. The lowest BCUT2D eigenvalue weighted by Gasteiger charge is -2.15. The number of hydrogen-bond acceptors (Lipinski definition) is 4. The molecule has 0 N–H and O–H groups in total. The zero-order valence-corrected chi connectivity index (χ0v) is 14.4. The van der Waals surface area contributed by atoms with Crippen molar-refractivity contribution in [3.05, 3.63) is 65.7 Å². The fourth-order valence-electron chi connectivity index (χ4n) is 3.33. The van der Waals surface area contributed by atoms with Crippen molar-refractivity contribution < 1.29 is 18.0 Å². The van der Waals surface area contributed by atoms with Crippen LogP contribution in [-0.2, 0) is 11.2 Å². The molecule has 26 heavy (non-hydrogen) atoms. The van der Waals surface area contributed by atoms with Crippen LogP contribution in [0.2, 0.25) is 0 Å². The maximum atomic E-state index is 13.4. The maximum Gasteiger partial charge on any atom is 0.228 e. The molecule has 0 saturated carbocycles. The van der Waals surface area contributed by atoms with E-state index in [-0.39, 0.29) is 24.1 Å². The Balaban J connectivity index is 1.45. The van der Waals surface area contributed by atoms with E-state index < -0.39 is 0 Å². The van der Waals surface area contributed by atoms with Gasteiger partial charge in [-0.1, -0.05) is 6.07 Å². The molecule has 0 bridgehead atoms. The zero-order valence-electron chi connectivity index (χ0n) is 14.4. The molecule has 1 aromatic carbocycles. The van der Waals surface area contributed by atoms with Crippen LogP contribution in [0.5, 0.6) is 0 Å². The third-order valence-corrected chi connectivity index (χ3v) is 4.77. The summed E-state index contributed by atoms with van der Waals surface area (Å²) in [4.78, 5) is 18.9. The van der Waals surface area contributed by atoms with Gasteiger partial charge in [0, 0.05) is 24.6 Å². The molecular weight excluding hydrogens is 335 g/mol. The third-order valence-electron chi connectivity index (χ3n) is 4.77. The standard InChI is InChI=1S/C20H19FN2O3/c1-13-17(22-20(26-13)14-4-2-5-16(21)10-14)11-19(24)23-8-7-15(12-23)18-6-3-9-25-18/h2-6,9-10,15H,7-8,11-12H2,1H3. The van der Waals surface area contributed by atoms with Crippen LogP contribution in [-0.4, -0.2) is 28.9 Å². The fraction of sp³-hybridized carbons (Fsp3) is 0.300. The molecule has 3 aromatic rings. The Hall–Kier alpha value is -2.89. The van der Waals surface area contributed by atoms with Crippen LogP contribution in [0.25, 0.3) is 11.5 Å². The van der Waals surface area contributed by atoms with Crippen LogP contribution in [0.15, 0.2) is 51.5 Å². The minimum absolute atomic E-state index is 0.0150. The van der Waals surface area contributed by atoms with Gasteiger partial charge in [0.25, 0.3) is 0 Å². The second-order valence-corrected chi connectivity index (χ2v) is 6.55. The van der Waals surface area contributed by atoms with Crippen LogP contribution in [0, 0.1) is 12.7 Å². The van der Waals surface area contributed by atoms with Crippen LogP contribution >= 0.6 is 0 Å². The molecule has 1 aliphatic rings. The summed E-state index contributed by atoms with van der Waals surface area (Å²) in [6, 6.07) is 9.89. The van der Waals surface area contributed by atoms with Gasteiger partial charge in [-0.05, 0) is 43.7 Å². The minimum atomic E-state index is -0.350. The molecule has 1 aliphatic heterocycles. The number of likely N-dealkylation sites (tertiary alicyclic amines) is 1. The number of benzene rings is 1. The lowest BCUT2D eigenvalue weighted by molar-refractivity contribution is -0.129. The molecule has 3 heterocycles. The van der Waals surface area contributed by atoms with Crippen LogP contribution in [0.4, 0.5) is 4.39 Å². The number of carbonyl (C=O) groups excluding carboxylic acids is 1. The first-order valence-electron chi connectivity index (χ1n) is 8.63. The Kier molecular flexibility index (Phi) is 4.32. The summed E-state index contributed by atoms with van der Waals surface area (Å²) >= 11 is 0. The van der Waals surface area contributed by atoms with Crippen molar-refractivity contribution in [1.82, 2.24) is 9.88 Å². The Bertz CT molecular complexity index is 917. The van der Waals surface area contributed by atoms with Crippen molar-refractivity contribution in [1.29, 1.82) is 0 Å². The molecule has 1 fully saturated rings. The van der Waals surface area contributed by atoms with E-state index >= 15 is 0 Å². The van der Waals surface area contributed by atoms with E-state index in [2.05, 4.69) is 4.98 Å². The number of aromatic nitrogens is 1. The highest BCUT2D eigenvalue weighted by atomic mass is 19.1. The van der Waals surface area contributed by atoms with Gasteiger partial charge in [-0.2, -0.15) is 0 Å². The van der Waals surface area contributed by atoms with Gasteiger partial charge >= 0.3 is 0 Å². The summed E-state index contributed by atoms with van der Waals surface area (Å²) in [5.74, 6) is 1.75. The van der Waals surface area contributed by atoms with E-state index in [4.69, 9.17) is 8.83 Å². The molecule has 1 amide bonds. The van der Waals surface area contributed by atoms with E-state index in [1.807, 2.05) is 17.0 Å². The number of furan rings is 1. The van der Waals surface area contributed by atoms with Gasteiger partial charge in [0.1, 0.15) is 17.3 Å². The van der Waals surface area contributed by atoms with Gasteiger partial charge < -0.3 is 13.7 Å². The summed E-state index contributed by atoms with van der Waals surface area (Å²) in [5, 5.41) is 0. The maximum absolute atomic E-state index is 13.4. The first kappa shape index (κ1) is 16.6. The third kappa shape index (κ3) is 3.27. The van der Waals surface area contributed by atoms with Crippen molar-refractivity contribution in [3.8, 4) is 11.5 Å². The van der Waals surface area contributed by atoms with Crippen molar-refractivity contribution in [2.45, 2.75) is 25.7 Å². The lowest BCUT2D eigenvalue weighted by Crippen LogP contribution is -2.30. The second-order valence-electron chi connectivity index (χ2n) is 6.55. The van der Waals surface area contributed by atoms with Gasteiger partial charge in [0.05, 0.1) is 18.4 Å². The highest BCUT2D eigenvalue weighted by Gasteiger charge is 2.29. The lowest BCUT2D eigenvalue weighted by atomic mass is 10.1. The molecule has 1 unspecified atom stereocenters. The molecule has 6 heteroatoms. The van der Waals surface area contributed by atoms with Crippen molar-refractivity contribution in [2.75, 3.05) is 13.1 Å². The highest BCUT2D eigenvalue weighted by molar-refractivity contribution is 5.79. The highest BCUT2D eigenvalue weighted by Crippen LogP contribution is 2.28. The summed E-state index contributed by atoms with van der Waals surface area (Å²) in [6.45, 7) is 3.13. The minimum Gasteiger partial charge on any atom is -0.469 e. The number of amides is 1. The monoisotopic (exact) mass is 354 g/mol. The van der Waals surface area contributed by atoms with Gasteiger partial charge in [-0.15, -0.1) is 0 Å². The SMILES string of the molecule is Cc1oc(-c2cccc(F)c2)nc1CC(=O)N1CCC(c2ccco2)C1. The average molecular weight is 354 g/mol. The topological polar surface area (TPSA) is 59.5 Å². The number of halogens is 1. The first-order chi connectivity index (χ1) is 12.6. The van der Waals surface area contributed by atoms with Crippen LogP contribution in [0.3, 0.4) is 0 Å². The number of nitrogens with zero attached hydrogens (tertiary/aromatic N) is 2. The van der Waals surface area contributed by atoms with E-state index in [1.165, 1.54) is 12.1 Å². The molecular formula is C20H19FN2O3. The number of oxazole rings is 1. The Morgan fingerprint density at radius 2 is 2.23 bits per heavy atom. The summed E-state index contributed by atoms with van der Waals surface area (Å²) in [7, 11) is 0. The number of rotatable bonds is 4. The molecule has 0 radical (unpaired) electrons. The van der Waals surface area contributed by atoms with E-state index in [0.29, 0.717) is 36.0 Å². The molecule has 1 atom stereocenters. The predicted octanol–water partition coefficient (Wildman–Crippen LogP) is 3.94. The predicted molar refractivity (Wildman–Crippen MR) is 93.0 cm³/mol. The summed E-state index contributed by atoms with van der Waals surface area (Å²) in [5.41, 5.74) is 1.15. The van der Waals surface area contributed by atoms with Crippen LogP contribution in [0.1, 0.15) is 29.6 Å². The zero-order chi connectivity index (χ0) is 18.1. The smallest absolute Gasteiger partial charge is 0.228 e. The van der Waals surface area contributed by atoms with Crippen molar-refractivity contribution >= 4 is 5.91 Å². The normalized spacial score (nSPS) is 17.0.